The fourth-order valence-corrected chi connectivity index (χ4v) is 3.02. The molecule has 0 aromatic heterocycles. The molecule has 0 saturated carbocycles. The highest BCUT2D eigenvalue weighted by molar-refractivity contribution is 5.95. The van der Waals surface area contributed by atoms with Crippen molar-refractivity contribution in [2.45, 2.75) is 32.6 Å². The van der Waals surface area contributed by atoms with E-state index in [9.17, 15) is 9.59 Å². The molecule has 0 aliphatic carbocycles. The lowest BCUT2D eigenvalue weighted by Crippen LogP contribution is -2.46. The number of amides is 3. The number of urea groups is 1. The molecule has 1 aromatic carbocycles. The van der Waals surface area contributed by atoms with E-state index in [0.717, 1.165) is 38.3 Å². The molecule has 5 heteroatoms. The molecule has 1 aromatic rings. The van der Waals surface area contributed by atoms with Crippen LogP contribution in [0.3, 0.4) is 0 Å². The monoisotopic (exact) mass is 317 g/mol. The lowest BCUT2D eigenvalue weighted by atomic mass is 9.90. The summed E-state index contributed by atoms with van der Waals surface area (Å²) in [5.74, 6) is 0.511. The van der Waals surface area contributed by atoms with Gasteiger partial charge >= 0.3 is 6.03 Å². The molecule has 2 rings (SSSR count). The topological polar surface area (TPSA) is 61.4 Å². The van der Waals surface area contributed by atoms with Crippen LogP contribution in [0.1, 0.15) is 31.7 Å². The van der Waals surface area contributed by atoms with E-state index in [4.69, 9.17) is 0 Å². The molecule has 3 amide bonds. The third-order valence-electron chi connectivity index (χ3n) is 4.35. The lowest BCUT2D eigenvalue weighted by Gasteiger charge is -2.31. The molecular formula is C18H27N3O2. The van der Waals surface area contributed by atoms with E-state index >= 15 is 0 Å². The summed E-state index contributed by atoms with van der Waals surface area (Å²) in [6.07, 6.45) is 4.59. The van der Waals surface area contributed by atoms with Gasteiger partial charge in [-0.25, -0.2) is 4.79 Å². The van der Waals surface area contributed by atoms with Gasteiger partial charge in [-0.2, -0.15) is 0 Å². The highest BCUT2D eigenvalue weighted by atomic mass is 16.2. The van der Waals surface area contributed by atoms with Crippen molar-refractivity contribution in [3.05, 3.63) is 35.9 Å². The Morgan fingerprint density at radius 2 is 1.87 bits per heavy atom. The zero-order valence-corrected chi connectivity index (χ0v) is 13.9. The summed E-state index contributed by atoms with van der Waals surface area (Å²) >= 11 is 0. The smallest absolute Gasteiger partial charge is 0.321 e. The molecular weight excluding hydrogens is 290 g/mol. The third kappa shape index (κ3) is 6.40. The predicted molar refractivity (Wildman–Crippen MR) is 91.1 cm³/mol. The molecule has 2 N–H and O–H groups in total. The zero-order valence-electron chi connectivity index (χ0n) is 13.9. The Kier molecular flexibility index (Phi) is 7.07. The van der Waals surface area contributed by atoms with Crippen molar-refractivity contribution >= 4 is 11.9 Å². The van der Waals surface area contributed by atoms with Crippen LogP contribution in [0.2, 0.25) is 0 Å². The number of carbonyl (C=O) groups is 2. The molecule has 0 bridgehead atoms. The van der Waals surface area contributed by atoms with Crippen molar-refractivity contribution in [2.24, 2.45) is 5.92 Å². The fraction of sp³-hybridized carbons (Fsp3) is 0.556. The van der Waals surface area contributed by atoms with Gasteiger partial charge in [-0.3, -0.25) is 15.0 Å². The number of imide groups is 1. The molecule has 1 heterocycles. The van der Waals surface area contributed by atoms with E-state index in [1.54, 1.807) is 0 Å². The van der Waals surface area contributed by atoms with Crippen molar-refractivity contribution in [3.8, 4) is 0 Å². The van der Waals surface area contributed by atoms with Crippen LogP contribution in [0.5, 0.6) is 0 Å². The van der Waals surface area contributed by atoms with E-state index < -0.39 is 6.03 Å². The number of hydrogen-bond acceptors (Lipinski definition) is 3. The minimum atomic E-state index is -0.407. The normalized spacial score (nSPS) is 16.0. The largest absolute Gasteiger partial charge is 0.338 e. The molecule has 1 aliphatic heterocycles. The first kappa shape index (κ1) is 17.5. The molecule has 1 aliphatic rings. The van der Waals surface area contributed by atoms with Crippen LogP contribution >= 0.6 is 0 Å². The molecule has 0 unspecified atom stereocenters. The molecule has 1 saturated heterocycles. The maximum atomic E-state index is 11.8. The predicted octanol–water partition coefficient (Wildman–Crippen LogP) is 2.18. The first-order chi connectivity index (χ1) is 11.2. The zero-order chi connectivity index (χ0) is 16.5. The number of nitrogens with one attached hydrogen (secondary N) is 2. The number of hydrogen-bond donors (Lipinski definition) is 2. The SMILES string of the molecule is CCNC(=O)NC(=O)CN1CCC(CCc2ccccc2)CC1. The highest BCUT2D eigenvalue weighted by Crippen LogP contribution is 2.22. The number of carbonyl (C=O) groups excluding carboxylic acids is 2. The summed E-state index contributed by atoms with van der Waals surface area (Å²) in [4.78, 5) is 25.2. The Bertz CT molecular complexity index is 496. The van der Waals surface area contributed by atoms with Gasteiger partial charge in [0.2, 0.25) is 5.91 Å². The molecule has 0 spiro atoms. The van der Waals surface area contributed by atoms with Gasteiger partial charge in [-0.05, 0) is 57.2 Å². The van der Waals surface area contributed by atoms with Crippen molar-refractivity contribution < 1.29 is 9.59 Å². The molecule has 0 atom stereocenters. The second-order valence-corrected chi connectivity index (χ2v) is 6.15. The summed E-state index contributed by atoms with van der Waals surface area (Å²) in [5, 5.41) is 4.92. The van der Waals surface area contributed by atoms with Gasteiger partial charge in [0.25, 0.3) is 0 Å². The van der Waals surface area contributed by atoms with Gasteiger partial charge in [0, 0.05) is 6.54 Å². The fourth-order valence-electron chi connectivity index (χ4n) is 3.02. The van der Waals surface area contributed by atoms with Gasteiger partial charge in [0.1, 0.15) is 0 Å². The minimum absolute atomic E-state index is 0.223. The Morgan fingerprint density at radius 3 is 2.52 bits per heavy atom. The number of nitrogens with zero attached hydrogens (tertiary/aromatic N) is 1. The molecule has 23 heavy (non-hydrogen) atoms. The second kappa shape index (κ2) is 9.30. The van der Waals surface area contributed by atoms with E-state index in [1.807, 2.05) is 13.0 Å². The van der Waals surface area contributed by atoms with Crippen molar-refractivity contribution in [1.29, 1.82) is 0 Å². The first-order valence-corrected chi connectivity index (χ1v) is 8.51. The molecule has 5 nitrogen and oxygen atoms in total. The van der Waals surface area contributed by atoms with Gasteiger partial charge < -0.3 is 5.32 Å². The van der Waals surface area contributed by atoms with E-state index in [-0.39, 0.29) is 5.91 Å². The number of benzene rings is 1. The summed E-state index contributed by atoms with van der Waals surface area (Å²) in [5.41, 5.74) is 1.40. The van der Waals surface area contributed by atoms with Crippen LogP contribution in [-0.4, -0.2) is 43.0 Å². The summed E-state index contributed by atoms with van der Waals surface area (Å²) in [6.45, 7) is 4.52. The van der Waals surface area contributed by atoms with E-state index in [1.165, 1.54) is 12.0 Å². The lowest BCUT2D eigenvalue weighted by molar-refractivity contribution is -0.121. The van der Waals surface area contributed by atoms with Gasteiger partial charge in [0.15, 0.2) is 0 Å². The van der Waals surface area contributed by atoms with Gasteiger partial charge in [-0.15, -0.1) is 0 Å². The van der Waals surface area contributed by atoms with Crippen LogP contribution in [-0.2, 0) is 11.2 Å². The van der Waals surface area contributed by atoms with Crippen molar-refractivity contribution in [1.82, 2.24) is 15.5 Å². The minimum Gasteiger partial charge on any atom is -0.338 e. The Morgan fingerprint density at radius 1 is 1.17 bits per heavy atom. The maximum Gasteiger partial charge on any atom is 0.321 e. The Hall–Kier alpha value is -1.88. The average Bonchev–Trinajstić information content (AvgIpc) is 2.55. The molecule has 126 valence electrons. The third-order valence-corrected chi connectivity index (χ3v) is 4.35. The second-order valence-electron chi connectivity index (χ2n) is 6.15. The van der Waals surface area contributed by atoms with Crippen LogP contribution in [0, 0.1) is 5.92 Å². The standard InChI is InChI=1S/C18H27N3O2/c1-2-19-18(23)20-17(22)14-21-12-10-16(11-13-21)9-8-15-6-4-3-5-7-15/h3-7,16H,2,8-14H2,1H3,(H2,19,20,22,23). The van der Waals surface area contributed by atoms with Crippen molar-refractivity contribution in [3.63, 3.8) is 0 Å². The molecule has 0 radical (unpaired) electrons. The quantitative estimate of drug-likeness (QED) is 0.845. The van der Waals surface area contributed by atoms with E-state index in [0.29, 0.717) is 13.1 Å². The highest BCUT2D eigenvalue weighted by Gasteiger charge is 2.21. The number of likely N-dealkylation sites (tertiary alicyclic amines) is 1. The summed E-state index contributed by atoms with van der Waals surface area (Å²) in [7, 11) is 0. The summed E-state index contributed by atoms with van der Waals surface area (Å²) < 4.78 is 0. The Balaban J connectivity index is 1.63. The number of rotatable bonds is 6. The van der Waals surface area contributed by atoms with Crippen LogP contribution in [0.15, 0.2) is 30.3 Å². The number of piperidine rings is 1. The molecule has 1 fully saturated rings. The number of aryl methyl sites for hydroxylation is 1. The van der Waals surface area contributed by atoms with Gasteiger partial charge in [0.05, 0.1) is 6.54 Å². The van der Waals surface area contributed by atoms with Gasteiger partial charge in [-0.1, -0.05) is 30.3 Å². The van der Waals surface area contributed by atoms with Crippen LogP contribution < -0.4 is 10.6 Å². The first-order valence-electron chi connectivity index (χ1n) is 8.51. The van der Waals surface area contributed by atoms with E-state index in [2.05, 4.69) is 39.8 Å². The van der Waals surface area contributed by atoms with Crippen LogP contribution in [0.25, 0.3) is 0 Å². The van der Waals surface area contributed by atoms with Crippen molar-refractivity contribution in [2.75, 3.05) is 26.2 Å². The summed E-state index contributed by atoms with van der Waals surface area (Å²) in [6, 6.07) is 10.2. The maximum absolute atomic E-state index is 11.8. The Labute approximate surface area is 138 Å². The van der Waals surface area contributed by atoms with Crippen LogP contribution in [0.4, 0.5) is 4.79 Å². The average molecular weight is 317 g/mol.